The third kappa shape index (κ3) is 3.71. The van der Waals surface area contributed by atoms with Gasteiger partial charge in [0.25, 0.3) is 0 Å². The minimum absolute atomic E-state index is 0.0571. The number of nitrogens with one attached hydrogen (secondary N) is 2. The van der Waals surface area contributed by atoms with Crippen molar-refractivity contribution < 1.29 is 14.3 Å². The molecule has 1 heterocycles. The van der Waals surface area contributed by atoms with E-state index >= 15 is 0 Å². The molecule has 1 aliphatic rings. The van der Waals surface area contributed by atoms with E-state index in [1.807, 2.05) is 0 Å². The molecule has 2 aromatic rings. The Morgan fingerprint density at radius 2 is 1.96 bits per heavy atom. The molecule has 1 aromatic carbocycles. The SMILES string of the molecule is COc1cc(Nc2ccc(NC(=O)C3CC3)cn2)c(OC)cc1Cl. The van der Waals surface area contributed by atoms with Gasteiger partial charge in [0.1, 0.15) is 17.3 Å². The molecule has 1 amide bonds. The van der Waals surface area contributed by atoms with Crippen LogP contribution in [0.4, 0.5) is 17.2 Å². The molecule has 1 saturated carbocycles. The number of hydrogen-bond donors (Lipinski definition) is 2. The fraction of sp³-hybridized carbons (Fsp3) is 0.294. The van der Waals surface area contributed by atoms with Crippen LogP contribution in [0.2, 0.25) is 5.02 Å². The number of methoxy groups -OCH3 is 2. The molecule has 0 saturated heterocycles. The second-order valence-corrected chi connectivity index (χ2v) is 5.91. The summed E-state index contributed by atoms with van der Waals surface area (Å²) in [5.41, 5.74) is 1.36. The first kappa shape index (κ1) is 16.4. The fourth-order valence-electron chi connectivity index (χ4n) is 2.23. The van der Waals surface area contributed by atoms with Gasteiger partial charge in [0.2, 0.25) is 5.91 Å². The van der Waals surface area contributed by atoms with Crippen molar-refractivity contribution in [3.05, 3.63) is 35.5 Å². The van der Waals surface area contributed by atoms with Crippen LogP contribution in [0.3, 0.4) is 0 Å². The smallest absolute Gasteiger partial charge is 0.227 e. The molecule has 126 valence electrons. The van der Waals surface area contributed by atoms with Crippen molar-refractivity contribution in [2.75, 3.05) is 24.9 Å². The summed E-state index contributed by atoms with van der Waals surface area (Å²) in [4.78, 5) is 16.0. The lowest BCUT2D eigenvalue weighted by molar-refractivity contribution is -0.117. The molecule has 0 aliphatic heterocycles. The van der Waals surface area contributed by atoms with Crippen LogP contribution < -0.4 is 20.1 Å². The molecule has 7 heteroatoms. The average molecular weight is 348 g/mol. The summed E-state index contributed by atoms with van der Waals surface area (Å²) >= 11 is 6.09. The lowest BCUT2D eigenvalue weighted by atomic mass is 10.2. The highest BCUT2D eigenvalue weighted by molar-refractivity contribution is 6.32. The van der Waals surface area contributed by atoms with Gasteiger partial charge in [0.05, 0.1) is 36.8 Å². The van der Waals surface area contributed by atoms with Gasteiger partial charge in [-0.25, -0.2) is 4.98 Å². The van der Waals surface area contributed by atoms with E-state index in [0.717, 1.165) is 12.8 Å². The van der Waals surface area contributed by atoms with E-state index < -0.39 is 0 Å². The standard InChI is InChI=1S/C17H18ClN3O3/c1-23-14-8-13(15(24-2)7-12(14)18)21-16-6-5-11(9-19-16)20-17(22)10-3-4-10/h5-10H,3-4H2,1-2H3,(H,19,21)(H,20,22). The second kappa shape index (κ2) is 6.97. The first-order valence-corrected chi connectivity index (χ1v) is 7.94. The Balaban J connectivity index is 1.74. The molecule has 0 unspecified atom stereocenters. The van der Waals surface area contributed by atoms with Crippen LogP contribution in [0.1, 0.15) is 12.8 Å². The lowest BCUT2D eigenvalue weighted by Crippen LogP contribution is -2.13. The van der Waals surface area contributed by atoms with E-state index in [1.165, 1.54) is 0 Å². The van der Waals surface area contributed by atoms with E-state index in [1.54, 1.807) is 44.7 Å². The number of nitrogens with zero attached hydrogens (tertiary/aromatic N) is 1. The van der Waals surface area contributed by atoms with Gasteiger partial charge in [-0.1, -0.05) is 11.6 Å². The van der Waals surface area contributed by atoms with Crippen LogP contribution in [-0.4, -0.2) is 25.1 Å². The number of aromatic nitrogens is 1. The Morgan fingerprint density at radius 3 is 2.54 bits per heavy atom. The maximum absolute atomic E-state index is 11.7. The minimum Gasteiger partial charge on any atom is -0.495 e. The third-order valence-electron chi connectivity index (χ3n) is 3.72. The molecule has 0 atom stereocenters. The number of pyridine rings is 1. The van der Waals surface area contributed by atoms with Crippen molar-refractivity contribution in [1.29, 1.82) is 0 Å². The van der Waals surface area contributed by atoms with E-state index in [9.17, 15) is 4.79 Å². The zero-order valence-corrected chi connectivity index (χ0v) is 14.2. The minimum atomic E-state index is 0.0571. The summed E-state index contributed by atoms with van der Waals surface area (Å²) in [5.74, 6) is 1.94. The second-order valence-electron chi connectivity index (χ2n) is 5.51. The zero-order chi connectivity index (χ0) is 17.1. The highest BCUT2D eigenvalue weighted by Gasteiger charge is 2.29. The van der Waals surface area contributed by atoms with Gasteiger partial charge in [-0.3, -0.25) is 4.79 Å². The molecular weight excluding hydrogens is 330 g/mol. The van der Waals surface area contributed by atoms with Gasteiger partial charge >= 0.3 is 0 Å². The third-order valence-corrected chi connectivity index (χ3v) is 4.01. The van der Waals surface area contributed by atoms with E-state index in [-0.39, 0.29) is 11.8 Å². The number of carbonyl (C=O) groups excluding carboxylic acids is 1. The van der Waals surface area contributed by atoms with Crippen molar-refractivity contribution in [3.63, 3.8) is 0 Å². The van der Waals surface area contributed by atoms with Crippen molar-refractivity contribution in [1.82, 2.24) is 4.98 Å². The molecule has 24 heavy (non-hydrogen) atoms. The first-order valence-electron chi connectivity index (χ1n) is 7.56. The first-order chi connectivity index (χ1) is 11.6. The van der Waals surface area contributed by atoms with Crippen molar-refractivity contribution in [3.8, 4) is 11.5 Å². The number of rotatable bonds is 6. The summed E-state index contributed by atoms with van der Waals surface area (Å²) in [7, 11) is 3.11. The van der Waals surface area contributed by atoms with Crippen LogP contribution in [0.25, 0.3) is 0 Å². The summed E-state index contributed by atoms with van der Waals surface area (Å²) in [5, 5.41) is 6.47. The molecule has 0 spiro atoms. The van der Waals surface area contributed by atoms with Gasteiger partial charge < -0.3 is 20.1 Å². The van der Waals surface area contributed by atoms with Gasteiger partial charge in [-0.05, 0) is 25.0 Å². The predicted octanol–water partition coefficient (Wildman–Crippen LogP) is 3.84. The Hall–Kier alpha value is -2.47. The van der Waals surface area contributed by atoms with Gasteiger partial charge in [0.15, 0.2) is 0 Å². The van der Waals surface area contributed by atoms with Crippen molar-refractivity contribution >= 4 is 34.7 Å². The van der Waals surface area contributed by atoms with E-state index in [4.69, 9.17) is 21.1 Å². The lowest BCUT2D eigenvalue weighted by Gasteiger charge is -2.13. The van der Waals surface area contributed by atoms with Crippen LogP contribution in [0, 0.1) is 5.92 Å². The summed E-state index contributed by atoms with van der Waals surface area (Å²) in [6.45, 7) is 0. The number of amides is 1. The molecule has 0 bridgehead atoms. The molecule has 1 aliphatic carbocycles. The van der Waals surface area contributed by atoms with Crippen LogP contribution in [0.15, 0.2) is 30.5 Å². The topological polar surface area (TPSA) is 72.5 Å². The molecular formula is C17H18ClN3O3. The highest BCUT2D eigenvalue weighted by atomic mass is 35.5. The number of carbonyl (C=O) groups is 1. The highest BCUT2D eigenvalue weighted by Crippen LogP contribution is 2.37. The van der Waals surface area contributed by atoms with Crippen molar-refractivity contribution in [2.24, 2.45) is 5.92 Å². The van der Waals surface area contributed by atoms with Crippen LogP contribution in [0.5, 0.6) is 11.5 Å². The molecule has 1 fully saturated rings. The van der Waals surface area contributed by atoms with Crippen molar-refractivity contribution in [2.45, 2.75) is 12.8 Å². The molecule has 3 rings (SSSR count). The Bertz CT molecular complexity index is 745. The Labute approximate surface area is 145 Å². The van der Waals surface area contributed by atoms with E-state index in [0.29, 0.717) is 33.7 Å². The fourth-order valence-corrected chi connectivity index (χ4v) is 2.46. The molecule has 1 aromatic heterocycles. The zero-order valence-electron chi connectivity index (χ0n) is 13.4. The summed E-state index contributed by atoms with van der Waals surface area (Å²) < 4.78 is 10.5. The largest absolute Gasteiger partial charge is 0.495 e. The van der Waals surface area contributed by atoms with Crippen LogP contribution >= 0.6 is 11.6 Å². The maximum atomic E-state index is 11.7. The van der Waals surface area contributed by atoms with Gasteiger partial charge in [-0.2, -0.15) is 0 Å². The Kier molecular flexibility index (Phi) is 4.76. The van der Waals surface area contributed by atoms with Gasteiger partial charge in [0, 0.05) is 18.1 Å². The normalized spacial score (nSPS) is 13.3. The number of ether oxygens (including phenoxy) is 2. The van der Waals surface area contributed by atoms with Gasteiger partial charge in [-0.15, -0.1) is 0 Å². The quantitative estimate of drug-likeness (QED) is 0.830. The van der Waals surface area contributed by atoms with Crippen LogP contribution in [-0.2, 0) is 4.79 Å². The number of anilines is 3. The molecule has 2 N–H and O–H groups in total. The maximum Gasteiger partial charge on any atom is 0.227 e. The average Bonchev–Trinajstić information content (AvgIpc) is 3.42. The number of hydrogen-bond acceptors (Lipinski definition) is 5. The monoisotopic (exact) mass is 347 g/mol. The Morgan fingerprint density at radius 1 is 1.21 bits per heavy atom. The number of benzene rings is 1. The van der Waals surface area contributed by atoms with E-state index in [2.05, 4.69) is 15.6 Å². The molecule has 6 nitrogen and oxygen atoms in total. The predicted molar refractivity (Wildman–Crippen MR) is 93.4 cm³/mol. The molecule has 0 radical (unpaired) electrons. The summed E-state index contributed by atoms with van der Waals surface area (Å²) in [6, 6.07) is 7.00. The number of halogens is 1. The summed E-state index contributed by atoms with van der Waals surface area (Å²) in [6.07, 6.45) is 3.55.